The molecule has 7 aromatic rings. The smallest absolute Gasteiger partial charge is 0.337 e. The second-order valence-electron chi connectivity index (χ2n) is 28.2. The number of phenols is 1. The van der Waals surface area contributed by atoms with E-state index in [2.05, 4.69) is 18.9 Å². The number of carbonyl (C=O) groups excluding carboxylic acids is 4. The van der Waals surface area contributed by atoms with Crippen LogP contribution in [-0.2, 0) is 36.3 Å². The van der Waals surface area contributed by atoms with E-state index in [9.17, 15) is 47.9 Å². The average Bonchev–Trinajstić information content (AvgIpc) is 1.61. The predicted molar refractivity (Wildman–Crippen MR) is 404 cm³/mol. The van der Waals surface area contributed by atoms with E-state index in [4.69, 9.17) is 67.7 Å². The fourth-order valence-electron chi connectivity index (χ4n) is 10.4. The molecule has 0 radical (unpaired) electrons. The van der Waals surface area contributed by atoms with Crippen molar-refractivity contribution in [2.24, 2.45) is 0 Å². The normalized spacial score (nSPS) is 16.6. The van der Waals surface area contributed by atoms with E-state index in [-0.39, 0.29) is 107 Å². The van der Waals surface area contributed by atoms with Crippen LogP contribution in [0, 0.1) is 5.82 Å². The van der Waals surface area contributed by atoms with Crippen LogP contribution in [0.25, 0.3) is 11.3 Å². The van der Waals surface area contributed by atoms with E-state index in [0.29, 0.717) is 108 Å². The topological polar surface area (TPSA) is 369 Å². The summed E-state index contributed by atoms with van der Waals surface area (Å²) in [4.78, 5) is 62.8. The van der Waals surface area contributed by atoms with Crippen LogP contribution < -0.4 is 52.1 Å². The Kier molecular flexibility index (Phi) is 29.8. The molecule has 111 heavy (non-hydrogen) atoms. The number of aliphatic hydroxyl groups is 4. The number of methoxy groups -OCH3 is 4. The van der Waals surface area contributed by atoms with Gasteiger partial charge in [0.1, 0.15) is 43.5 Å². The second-order valence-corrected chi connectivity index (χ2v) is 30.1. The third-order valence-corrected chi connectivity index (χ3v) is 19.1. The zero-order valence-corrected chi connectivity index (χ0v) is 64.4. The molecule has 5 saturated carbocycles. The molecule has 2 heterocycles. The van der Waals surface area contributed by atoms with Crippen LogP contribution in [0.3, 0.4) is 0 Å². The Labute approximate surface area is 645 Å². The summed E-state index contributed by atoms with van der Waals surface area (Å²) in [6.07, 6.45) is 11.4. The predicted octanol–water partition coefficient (Wildman–Crippen LogP) is 11.8. The van der Waals surface area contributed by atoms with E-state index in [1.54, 1.807) is 105 Å². The average molecular weight is 1560 g/mol. The number of esters is 3. The van der Waals surface area contributed by atoms with Gasteiger partial charge in [0.15, 0.2) is 69.0 Å². The number of benzene rings is 6. The Morgan fingerprint density at radius 2 is 0.910 bits per heavy atom. The van der Waals surface area contributed by atoms with Gasteiger partial charge in [-0.15, -0.1) is 0 Å². The SMILES string of the molecule is CC(O)(CCC(=O)c1ccc(OC2CC2)c(OCCO)c1)c1cc2c(c(-c3ccc(F)cc3)n1)OCC2(C)NS(=O)C(C)(C)C.COC(=O)c1ccc(OC2CC2)c(O)c1.COC(=O)c1ccc(OC2CC2)c(OC)c1.COC(=O)c1ccc(OC2CC2)c(OCCO)c1.O=C(O)c1ccc(OC2CC2)c(OCCO)c1. The number of aromatic nitrogens is 1. The van der Waals surface area contributed by atoms with Crippen LogP contribution >= 0.6 is 0 Å². The number of hydrogen-bond acceptors (Lipinski definition) is 25. The van der Waals surface area contributed by atoms with Crippen molar-refractivity contribution in [1.29, 1.82) is 0 Å². The summed E-state index contributed by atoms with van der Waals surface area (Å²) in [6, 6.07) is 31.5. The number of carbonyl (C=O) groups is 5. The van der Waals surface area contributed by atoms with Gasteiger partial charge in [-0.2, -0.15) is 0 Å². The number of rotatable bonds is 32. The fourth-order valence-corrected chi connectivity index (χ4v) is 11.3. The Bertz CT molecular complexity index is 4380. The number of carboxylic acid groups (broad SMARTS) is 1. The van der Waals surface area contributed by atoms with E-state index in [0.717, 1.165) is 64.2 Å². The largest absolute Gasteiger partial charge is 0.504 e. The standard InChI is InChI=1S/C34H41FN2O7S.C13H16O5.C12H14O5.C12H14O4.C11H12O4/c1-32(2,3)45(41)37-33(4)20-43-31-25(33)19-29(36-30(31)21-6-9-23(35)10-7-21)34(5,40)15-14-26(39)22-8-13-27(44-24-11-12-24)28(18-22)42-17-16-38;1-16-13(15)9-2-5-11(18-10-3-4-10)12(8-9)17-7-6-14;13-5-6-16-11-7-8(12(14)15)1-4-10(11)17-9-2-3-9;1-14-11-7-8(12(13)15-2)3-6-10(11)16-9-4-5-9;1-14-11(13)7-2-5-10(9(12)6-7)15-8-3-4-8/h6-10,13,18-19,24,37-38,40H,11-12,14-17,20H2,1-5H3;2,5,8,10,14H,3-4,6-7H2,1H3;1,4,7,9,13H,2-3,5-6H2,(H,14,15);3,6-7,9H,4-5H2,1-2H3;2,5-6,8,12H,3-4H2,1H3. The number of aromatic hydroxyl groups is 1. The maximum Gasteiger partial charge on any atom is 0.337 e. The number of ketones is 1. The molecule has 27 nitrogen and oxygen atoms in total. The third kappa shape index (κ3) is 25.1. The number of fused-ring (bicyclic) bond motifs is 1. The molecular weight excluding hydrogens is 1460 g/mol. The van der Waals surface area contributed by atoms with E-state index in [1.807, 2.05) is 27.7 Å². The Morgan fingerprint density at radius 3 is 1.31 bits per heavy atom. The number of ether oxygens (including phenoxy) is 13. The lowest BCUT2D eigenvalue weighted by Crippen LogP contribution is -2.47. The molecule has 598 valence electrons. The lowest BCUT2D eigenvalue weighted by molar-refractivity contribution is 0.0396. The number of hydrogen-bond donors (Lipinski definition) is 7. The molecule has 0 saturated heterocycles. The van der Waals surface area contributed by atoms with Gasteiger partial charge in [0.05, 0.1) is 128 Å². The van der Waals surface area contributed by atoms with Gasteiger partial charge in [-0.25, -0.2) is 37.5 Å². The van der Waals surface area contributed by atoms with Crippen LogP contribution in [0.15, 0.2) is 121 Å². The molecular formula is C82H97FN2O25S. The summed E-state index contributed by atoms with van der Waals surface area (Å²) in [5, 5.41) is 56.9. The molecule has 1 aliphatic heterocycles. The summed E-state index contributed by atoms with van der Waals surface area (Å²) in [5.74, 6) is 2.06. The number of pyridine rings is 1. The number of Topliss-reactive ketones (excluding diaryl/α,β-unsaturated/α-hetero) is 1. The number of phenolic OH excluding ortho intramolecular Hbond substituents is 1. The highest BCUT2D eigenvalue weighted by Crippen LogP contribution is 2.47. The van der Waals surface area contributed by atoms with E-state index < -0.39 is 50.6 Å². The molecule has 6 aliphatic rings. The molecule has 6 aromatic carbocycles. The number of carboxylic acids is 1. The first-order valence-electron chi connectivity index (χ1n) is 36.5. The fraction of sp³-hybridized carbons (Fsp3) is 0.439. The lowest BCUT2D eigenvalue weighted by Gasteiger charge is -2.30. The molecule has 3 atom stereocenters. The summed E-state index contributed by atoms with van der Waals surface area (Å²) >= 11 is 0. The van der Waals surface area contributed by atoms with Crippen LogP contribution in [0.2, 0.25) is 0 Å². The lowest BCUT2D eigenvalue weighted by atomic mass is 9.88. The summed E-state index contributed by atoms with van der Waals surface area (Å²) < 4.78 is 99.2. The Morgan fingerprint density at radius 1 is 0.532 bits per heavy atom. The van der Waals surface area contributed by atoms with Crippen molar-refractivity contribution >= 4 is 40.6 Å². The van der Waals surface area contributed by atoms with Crippen molar-refractivity contribution in [2.75, 3.05) is 74.7 Å². The first kappa shape index (κ1) is 84.7. The quantitative estimate of drug-likeness (QED) is 0.0117. The zero-order chi connectivity index (χ0) is 80.2. The summed E-state index contributed by atoms with van der Waals surface area (Å²) in [7, 11) is 4.09. The highest BCUT2D eigenvalue weighted by atomic mass is 32.2. The minimum absolute atomic E-state index is 0.0000259. The molecule has 5 fully saturated rings. The van der Waals surface area contributed by atoms with Crippen molar-refractivity contribution < 1.29 is 125 Å². The number of aliphatic hydroxyl groups excluding tert-OH is 3. The van der Waals surface area contributed by atoms with Gasteiger partial charge in [0, 0.05) is 23.1 Å². The summed E-state index contributed by atoms with van der Waals surface area (Å²) in [5.41, 5.74) is 1.26. The molecule has 0 spiro atoms. The van der Waals surface area contributed by atoms with Gasteiger partial charge in [-0.3, -0.25) is 4.79 Å². The first-order chi connectivity index (χ1) is 53.1. The molecule has 5 aliphatic carbocycles. The van der Waals surface area contributed by atoms with Crippen LogP contribution in [0.4, 0.5) is 4.39 Å². The zero-order valence-electron chi connectivity index (χ0n) is 63.5. The van der Waals surface area contributed by atoms with Gasteiger partial charge in [0.25, 0.3) is 0 Å². The van der Waals surface area contributed by atoms with Crippen molar-refractivity contribution in [2.45, 2.75) is 158 Å². The molecule has 0 bridgehead atoms. The Balaban J connectivity index is 0.000000177. The molecule has 29 heteroatoms. The molecule has 13 rings (SSSR count). The highest BCUT2D eigenvalue weighted by molar-refractivity contribution is 7.84. The minimum Gasteiger partial charge on any atom is -0.504 e. The maximum absolute atomic E-state index is 13.8. The second kappa shape index (κ2) is 39.1. The molecule has 7 N–H and O–H groups in total. The van der Waals surface area contributed by atoms with Crippen LogP contribution in [0.1, 0.15) is 175 Å². The monoisotopic (exact) mass is 1560 g/mol. The maximum atomic E-state index is 13.8. The van der Waals surface area contributed by atoms with Gasteiger partial charge >= 0.3 is 23.9 Å². The van der Waals surface area contributed by atoms with Crippen LogP contribution in [0.5, 0.6) is 63.2 Å². The molecule has 1 aromatic heterocycles. The van der Waals surface area contributed by atoms with E-state index >= 15 is 0 Å². The number of aromatic carboxylic acids is 1. The number of halogens is 1. The molecule has 0 amide bonds. The van der Waals surface area contributed by atoms with Crippen molar-refractivity contribution in [3.63, 3.8) is 0 Å². The van der Waals surface area contributed by atoms with E-state index in [1.165, 1.54) is 51.7 Å². The number of nitrogens with zero attached hydrogens (tertiary/aromatic N) is 1. The van der Waals surface area contributed by atoms with Gasteiger partial charge < -0.3 is 92.2 Å². The van der Waals surface area contributed by atoms with Crippen molar-refractivity contribution in [3.05, 3.63) is 166 Å². The highest BCUT2D eigenvalue weighted by Gasteiger charge is 2.44. The first-order valence-corrected chi connectivity index (χ1v) is 37.6. The van der Waals surface area contributed by atoms with Gasteiger partial charge in [-0.05, 0) is 227 Å². The van der Waals surface area contributed by atoms with Crippen molar-refractivity contribution in [1.82, 2.24) is 9.71 Å². The van der Waals surface area contributed by atoms with Gasteiger partial charge in [-0.1, -0.05) is 0 Å². The Hall–Kier alpha value is -10.3. The molecule has 3 unspecified atom stereocenters. The van der Waals surface area contributed by atoms with Crippen LogP contribution in [-0.4, -0.2) is 179 Å². The van der Waals surface area contributed by atoms with Crippen molar-refractivity contribution in [3.8, 4) is 74.5 Å². The number of nitrogens with one attached hydrogen (secondary N) is 1. The third-order valence-electron chi connectivity index (χ3n) is 17.4. The summed E-state index contributed by atoms with van der Waals surface area (Å²) in [6.45, 7) is 9.20. The van der Waals surface area contributed by atoms with Gasteiger partial charge in [0.2, 0.25) is 0 Å². The minimum atomic E-state index is -1.54.